The average Bonchev–Trinajstić information content (AvgIpc) is 2.37. The maximum absolute atomic E-state index is 6.50. The first-order valence-corrected chi connectivity index (χ1v) is 9.44. The van der Waals surface area contributed by atoms with Crippen molar-refractivity contribution in [2.75, 3.05) is 11.5 Å². The van der Waals surface area contributed by atoms with Crippen LogP contribution in [0.1, 0.15) is 49.3 Å². The smallest absolute Gasteiger partial charge is 0.0426 e. The van der Waals surface area contributed by atoms with Crippen molar-refractivity contribution in [2.45, 2.75) is 48.6 Å². The maximum atomic E-state index is 6.50. The van der Waals surface area contributed by atoms with Crippen LogP contribution in [0.4, 0.5) is 0 Å². The molecule has 3 atom stereocenters. The minimum absolute atomic E-state index is 0.184. The van der Waals surface area contributed by atoms with Crippen LogP contribution in [0.25, 0.3) is 0 Å². The number of benzene rings is 1. The summed E-state index contributed by atoms with van der Waals surface area (Å²) in [5.41, 5.74) is 9.33. The summed E-state index contributed by atoms with van der Waals surface area (Å²) >= 11 is 4.12. The number of rotatable bonds is 3. The summed E-state index contributed by atoms with van der Waals surface area (Å²) < 4.78 is 0. The van der Waals surface area contributed by atoms with Gasteiger partial charge in [0, 0.05) is 28.0 Å². The Hall–Kier alpha value is -0.120. The molecule has 0 aromatic heterocycles. The summed E-state index contributed by atoms with van der Waals surface area (Å²) in [6.07, 6.45) is 4.15. The minimum atomic E-state index is 0.184. The first-order valence-electron chi connectivity index (χ1n) is 7.34. The Bertz CT molecular complexity index is 413. The van der Waals surface area contributed by atoms with Gasteiger partial charge in [0.2, 0.25) is 0 Å². The fourth-order valence-corrected chi connectivity index (χ4v) is 5.85. The van der Waals surface area contributed by atoms with Gasteiger partial charge in [0.15, 0.2) is 0 Å². The van der Waals surface area contributed by atoms with E-state index in [1.165, 1.54) is 41.9 Å². The molecular formula is C16H23NS2. The van der Waals surface area contributed by atoms with Gasteiger partial charge < -0.3 is 5.73 Å². The van der Waals surface area contributed by atoms with Crippen molar-refractivity contribution in [2.24, 2.45) is 5.73 Å². The first-order chi connectivity index (χ1) is 9.25. The van der Waals surface area contributed by atoms with Crippen molar-refractivity contribution in [3.8, 4) is 0 Å². The Morgan fingerprint density at radius 2 is 1.79 bits per heavy atom. The molecule has 3 heteroatoms. The first kappa shape index (κ1) is 13.8. The van der Waals surface area contributed by atoms with E-state index in [0.29, 0.717) is 10.5 Å². The summed E-state index contributed by atoms with van der Waals surface area (Å²) in [6, 6.07) is 9.34. The van der Waals surface area contributed by atoms with Crippen molar-refractivity contribution in [1.29, 1.82) is 0 Å². The normalized spacial score (nSPS) is 29.8. The van der Waals surface area contributed by atoms with Gasteiger partial charge >= 0.3 is 0 Å². The van der Waals surface area contributed by atoms with Gasteiger partial charge in [0.05, 0.1) is 0 Å². The van der Waals surface area contributed by atoms with Crippen molar-refractivity contribution >= 4 is 23.5 Å². The Labute approximate surface area is 125 Å². The van der Waals surface area contributed by atoms with Gasteiger partial charge in [-0.05, 0) is 29.9 Å². The van der Waals surface area contributed by atoms with Gasteiger partial charge in [-0.2, -0.15) is 23.5 Å². The third kappa shape index (κ3) is 2.98. The molecule has 1 aromatic carbocycles. The predicted octanol–water partition coefficient (Wildman–Crippen LogP) is 4.19. The quantitative estimate of drug-likeness (QED) is 0.905. The standard InChI is InChI=1S/C16H23NS2/c1-11-16(19-10-9-18-11)15(17)14-7-5-13(6-8-14)12-3-2-4-12/h5-8,11-12,15-16H,2-4,9-10,17H2,1H3. The molecule has 2 fully saturated rings. The molecule has 1 aliphatic heterocycles. The van der Waals surface area contributed by atoms with Gasteiger partial charge in [-0.3, -0.25) is 0 Å². The van der Waals surface area contributed by atoms with Gasteiger partial charge in [0.25, 0.3) is 0 Å². The third-order valence-corrected chi connectivity index (χ3v) is 7.70. The predicted molar refractivity (Wildman–Crippen MR) is 88.1 cm³/mol. The number of hydrogen-bond donors (Lipinski definition) is 1. The van der Waals surface area contributed by atoms with Gasteiger partial charge in [-0.25, -0.2) is 0 Å². The van der Waals surface area contributed by atoms with Crippen LogP contribution >= 0.6 is 23.5 Å². The van der Waals surface area contributed by atoms with E-state index in [-0.39, 0.29) is 6.04 Å². The molecule has 3 unspecified atom stereocenters. The fourth-order valence-electron chi connectivity index (χ4n) is 2.97. The lowest BCUT2D eigenvalue weighted by Gasteiger charge is -2.33. The lowest BCUT2D eigenvalue weighted by molar-refractivity contribution is 0.419. The van der Waals surface area contributed by atoms with E-state index in [9.17, 15) is 0 Å². The van der Waals surface area contributed by atoms with Crippen molar-refractivity contribution in [3.05, 3.63) is 35.4 Å². The highest BCUT2D eigenvalue weighted by Crippen LogP contribution is 2.39. The monoisotopic (exact) mass is 293 g/mol. The topological polar surface area (TPSA) is 26.0 Å². The summed E-state index contributed by atoms with van der Waals surface area (Å²) in [7, 11) is 0. The Kier molecular flexibility index (Phi) is 4.45. The largest absolute Gasteiger partial charge is 0.323 e. The molecule has 1 saturated carbocycles. The summed E-state index contributed by atoms with van der Waals surface area (Å²) in [5, 5.41) is 1.23. The molecular weight excluding hydrogens is 270 g/mol. The highest BCUT2D eigenvalue weighted by molar-refractivity contribution is 8.07. The van der Waals surface area contributed by atoms with E-state index in [4.69, 9.17) is 5.73 Å². The van der Waals surface area contributed by atoms with E-state index >= 15 is 0 Å². The molecule has 19 heavy (non-hydrogen) atoms. The van der Waals surface area contributed by atoms with Gasteiger partial charge in [-0.15, -0.1) is 0 Å². The number of thioether (sulfide) groups is 2. The van der Waals surface area contributed by atoms with E-state index in [0.717, 1.165) is 5.92 Å². The zero-order valence-electron chi connectivity index (χ0n) is 11.5. The average molecular weight is 294 g/mol. The van der Waals surface area contributed by atoms with Crippen LogP contribution in [0.5, 0.6) is 0 Å². The van der Waals surface area contributed by atoms with E-state index in [1.807, 2.05) is 0 Å². The molecule has 2 aliphatic rings. The lowest BCUT2D eigenvalue weighted by atomic mass is 9.80. The molecule has 1 nitrogen and oxygen atoms in total. The van der Waals surface area contributed by atoms with E-state index < -0.39 is 0 Å². The van der Waals surface area contributed by atoms with Crippen molar-refractivity contribution in [3.63, 3.8) is 0 Å². The second-order valence-corrected chi connectivity index (χ2v) is 8.50. The molecule has 3 rings (SSSR count). The van der Waals surface area contributed by atoms with E-state index in [1.54, 1.807) is 0 Å². The maximum Gasteiger partial charge on any atom is 0.0426 e. The second kappa shape index (κ2) is 6.11. The summed E-state index contributed by atoms with van der Waals surface area (Å²) in [6.45, 7) is 2.32. The second-order valence-electron chi connectivity index (χ2n) is 5.73. The summed E-state index contributed by atoms with van der Waals surface area (Å²) in [5.74, 6) is 3.34. The Balaban J connectivity index is 1.70. The minimum Gasteiger partial charge on any atom is -0.323 e. The molecule has 1 saturated heterocycles. The zero-order chi connectivity index (χ0) is 13.2. The van der Waals surface area contributed by atoms with Gasteiger partial charge in [-0.1, -0.05) is 37.6 Å². The molecule has 0 radical (unpaired) electrons. The number of nitrogens with two attached hydrogens (primary N) is 1. The molecule has 0 bridgehead atoms. The van der Waals surface area contributed by atoms with Crippen LogP contribution in [0.2, 0.25) is 0 Å². The molecule has 2 N–H and O–H groups in total. The van der Waals surface area contributed by atoms with Crippen LogP contribution in [0.3, 0.4) is 0 Å². The summed E-state index contributed by atoms with van der Waals surface area (Å²) in [4.78, 5) is 0. The molecule has 1 aromatic rings. The molecule has 0 amide bonds. The van der Waals surface area contributed by atoms with Crippen molar-refractivity contribution in [1.82, 2.24) is 0 Å². The van der Waals surface area contributed by atoms with Crippen LogP contribution in [0, 0.1) is 0 Å². The Morgan fingerprint density at radius 3 is 2.37 bits per heavy atom. The van der Waals surface area contributed by atoms with Gasteiger partial charge in [0.1, 0.15) is 0 Å². The fraction of sp³-hybridized carbons (Fsp3) is 0.625. The highest BCUT2D eigenvalue weighted by Gasteiger charge is 2.29. The molecule has 104 valence electrons. The van der Waals surface area contributed by atoms with Crippen molar-refractivity contribution < 1.29 is 0 Å². The third-order valence-electron chi connectivity index (χ3n) is 4.49. The number of hydrogen-bond acceptors (Lipinski definition) is 3. The van der Waals surface area contributed by atoms with Crippen LogP contribution < -0.4 is 5.73 Å². The van der Waals surface area contributed by atoms with Crippen LogP contribution in [-0.4, -0.2) is 22.0 Å². The SMILES string of the molecule is CC1SCCSC1C(N)c1ccc(C2CCC2)cc1. The van der Waals surface area contributed by atoms with Crippen LogP contribution in [-0.2, 0) is 0 Å². The Morgan fingerprint density at radius 1 is 1.11 bits per heavy atom. The zero-order valence-corrected chi connectivity index (χ0v) is 13.2. The molecule has 1 aliphatic carbocycles. The molecule has 1 heterocycles. The van der Waals surface area contributed by atoms with E-state index in [2.05, 4.69) is 54.7 Å². The van der Waals surface area contributed by atoms with Crippen LogP contribution in [0.15, 0.2) is 24.3 Å². The lowest BCUT2D eigenvalue weighted by Crippen LogP contribution is -2.34. The molecule has 0 spiro atoms. The highest BCUT2D eigenvalue weighted by atomic mass is 32.2.